The molecule has 1 aliphatic rings. The largest absolute Gasteiger partial charge is 0.491 e. The van der Waals surface area contributed by atoms with E-state index < -0.39 is 0 Å². The molecule has 0 amide bonds. The molecule has 0 atom stereocenters. The molecule has 0 saturated heterocycles. The second kappa shape index (κ2) is 4.62. The van der Waals surface area contributed by atoms with E-state index in [2.05, 4.69) is 11.4 Å². The standard InChI is InChI=1S/C13H15FN2O/c1-2-17-12-4-3-10(7-11(12)14)16-9-13(8-15)5-6-13/h3-4,7,16H,2,5-6,9H2,1H3. The Morgan fingerprint density at radius 3 is 2.82 bits per heavy atom. The molecule has 2 rings (SSSR count). The predicted molar refractivity (Wildman–Crippen MR) is 63.3 cm³/mol. The summed E-state index contributed by atoms with van der Waals surface area (Å²) >= 11 is 0. The van der Waals surface area contributed by atoms with Gasteiger partial charge in [-0.05, 0) is 31.9 Å². The van der Waals surface area contributed by atoms with Crippen molar-refractivity contribution in [3.8, 4) is 11.8 Å². The van der Waals surface area contributed by atoms with Crippen LogP contribution in [0.4, 0.5) is 10.1 Å². The van der Waals surface area contributed by atoms with Crippen LogP contribution in [0.3, 0.4) is 0 Å². The summed E-state index contributed by atoms with van der Waals surface area (Å²) < 4.78 is 18.6. The molecule has 0 aliphatic heterocycles. The molecule has 0 aromatic heterocycles. The van der Waals surface area contributed by atoms with E-state index in [0.717, 1.165) is 12.8 Å². The van der Waals surface area contributed by atoms with Crippen molar-refractivity contribution in [3.63, 3.8) is 0 Å². The SMILES string of the molecule is CCOc1ccc(NCC2(C#N)CC2)cc1F. The van der Waals surface area contributed by atoms with E-state index in [9.17, 15) is 4.39 Å². The summed E-state index contributed by atoms with van der Waals surface area (Å²) in [5.41, 5.74) is 0.460. The van der Waals surface area contributed by atoms with Gasteiger partial charge in [-0.25, -0.2) is 4.39 Å². The fourth-order valence-electron chi connectivity index (χ4n) is 1.63. The Morgan fingerprint density at radius 2 is 2.29 bits per heavy atom. The van der Waals surface area contributed by atoms with Crippen LogP contribution >= 0.6 is 0 Å². The minimum absolute atomic E-state index is 0.227. The Hall–Kier alpha value is -1.76. The maximum absolute atomic E-state index is 13.5. The van der Waals surface area contributed by atoms with Crippen LogP contribution in [0.1, 0.15) is 19.8 Å². The molecule has 0 heterocycles. The molecule has 1 fully saturated rings. The first-order chi connectivity index (χ1) is 8.19. The second-order valence-electron chi connectivity index (χ2n) is 4.32. The number of hydrogen-bond acceptors (Lipinski definition) is 3. The average Bonchev–Trinajstić information content (AvgIpc) is 3.11. The van der Waals surface area contributed by atoms with Gasteiger partial charge in [-0.3, -0.25) is 0 Å². The van der Waals surface area contributed by atoms with Crippen molar-refractivity contribution >= 4 is 5.69 Å². The van der Waals surface area contributed by atoms with Gasteiger partial charge in [0.25, 0.3) is 0 Å². The third-order valence-electron chi connectivity index (χ3n) is 2.95. The van der Waals surface area contributed by atoms with E-state index in [-0.39, 0.29) is 17.0 Å². The van der Waals surface area contributed by atoms with Crippen LogP contribution in [0.25, 0.3) is 0 Å². The lowest BCUT2D eigenvalue weighted by Gasteiger charge is -2.11. The maximum atomic E-state index is 13.5. The molecule has 1 N–H and O–H groups in total. The van der Waals surface area contributed by atoms with Crippen LogP contribution in [-0.2, 0) is 0 Å². The molecule has 4 heteroatoms. The Kier molecular flexibility index (Phi) is 3.19. The van der Waals surface area contributed by atoms with Gasteiger partial charge in [0.1, 0.15) is 0 Å². The molecule has 0 bridgehead atoms. The van der Waals surface area contributed by atoms with Crippen LogP contribution in [0.15, 0.2) is 18.2 Å². The van der Waals surface area contributed by atoms with Gasteiger partial charge in [-0.1, -0.05) is 0 Å². The van der Waals surface area contributed by atoms with Crippen LogP contribution in [0.2, 0.25) is 0 Å². The normalized spacial score (nSPS) is 16.1. The van der Waals surface area contributed by atoms with E-state index in [1.165, 1.54) is 6.07 Å². The zero-order valence-electron chi connectivity index (χ0n) is 9.79. The lowest BCUT2D eigenvalue weighted by molar-refractivity contribution is 0.321. The monoisotopic (exact) mass is 234 g/mol. The van der Waals surface area contributed by atoms with Gasteiger partial charge in [0.05, 0.1) is 18.1 Å². The minimum Gasteiger partial charge on any atom is -0.491 e. The van der Waals surface area contributed by atoms with E-state index in [4.69, 9.17) is 10.00 Å². The first kappa shape index (κ1) is 11.7. The first-order valence-electron chi connectivity index (χ1n) is 5.76. The molecule has 17 heavy (non-hydrogen) atoms. The molecule has 1 aliphatic carbocycles. The number of anilines is 1. The van der Waals surface area contributed by atoms with Crippen molar-refractivity contribution in [2.24, 2.45) is 5.41 Å². The maximum Gasteiger partial charge on any atom is 0.167 e. The fourth-order valence-corrected chi connectivity index (χ4v) is 1.63. The van der Waals surface area contributed by atoms with Crippen molar-refractivity contribution < 1.29 is 9.13 Å². The van der Waals surface area contributed by atoms with Gasteiger partial charge in [-0.2, -0.15) is 5.26 Å². The highest BCUT2D eigenvalue weighted by atomic mass is 19.1. The number of nitriles is 1. The third-order valence-corrected chi connectivity index (χ3v) is 2.95. The highest BCUT2D eigenvalue weighted by molar-refractivity contribution is 5.48. The molecule has 90 valence electrons. The second-order valence-corrected chi connectivity index (χ2v) is 4.32. The third kappa shape index (κ3) is 2.68. The number of benzene rings is 1. The van der Waals surface area contributed by atoms with Crippen molar-refractivity contribution in [2.45, 2.75) is 19.8 Å². The molecule has 1 aromatic carbocycles. The average molecular weight is 234 g/mol. The van der Waals surface area contributed by atoms with Crippen LogP contribution in [0.5, 0.6) is 5.75 Å². The molecule has 0 unspecified atom stereocenters. The number of nitrogens with zero attached hydrogens (tertiary/aromatic N) is 1. The van der Waals surface area contributed by atoms with Crippen molar-refractivity contribution in [1.29, 1.82) is 5.26 Å². The molecular formula is C13H15FN2O. The lowest BCUT2D eigenvalue weighted by atomic mass is 10.1. The molecule has 1 saturated carbocycles. The fraction of sp³-hybridized carbons (Fsp3) is 0.462. The van der Waals surface area contributed by atoms with Gasteiger partial charge in [-0.15, -0.1) is 0 Å². The summed E-state index contributed by atoms with van der Waals surface area (Å²) in [5.74, 6) is -0.113. The van der Waals surface area contributed by atoms with Gasteiger partial charge in [0.2, 0.25) is 0 Å². The molecule has 1 aromatic rings. The Bertz CT molecular complexity index is 449. The van der Waals surface area contributed by atoms with E-state index in [0.29, 0.717) is 18.8 Å². The topological polar surface area (TPSA) is 45.0 Å². The Labute approximate surface area is 100 Å². The highest BCUT2D eigenvalue weighted by Gasteiger charge is 2.42. The Balaban J connectivity index is 1.98. The summed E-state index contributed by atoms with van der Waals surface area (Å²) in [5, 5.41) is 12.0. The zero-order valence-corrected chi connectivity index (χ0v) is 9.79. The Morgan fingerprint density at radius 1 is 1.53 bits per heavy atom. The van der Waals surface area contributed by atoms with Gasteiger partial charge in [0, 0.05) is 18.3 Å². The minimum atomic E-state index is -0.376. The smallest absolute Gasteiger partial charge is 0.167 e. The van der Waals surface area contributed by atoms with E-state index in [1.807, 2.05) is 6.92 Å². The van der Waals surface area contributed by atoms with Crippen molar-refractivity contribution in [1.82, 2.24) is 0 Å². The zero-order chi connectivity index (χ0) is 12.3. The number of rotatable bonds is 5. The number of nitrogens with one attached hydrogen (secondary N) is 1. The molecule has 3 nitrogen and oxygen atoms in total. The van der Waals surface area contributed by atoms with Crippen LogP contribution in [0, 0.1) is 22.6 Å². The van der Waals surface area contributed by atoms with Gasteiger partial charge in [0.15, 0.2) is 11.6 Å². The van der Waals surface area contributed by atoms with Crippen molar-refractivity contribution in [2.75, 3.05) is 18.5 Å². The van der Waals surface area contributed by atoms with Crippen LogP contribution < -0.4 is 10.1 Å². The predicted octanol–water partition coefficient (Wildman–Crippen LogP) is 2.94. The summed E-state index contributed by atoms with van der Waals surface area (Å²) in [6, 6.07) is 7.06. The summed E-state index contributed by atoms with van der Waals surface area (Å²) in [6.07, 6.45) is 1.85. The number of hydrogen-bond donors (Lipinski definition) is 1. The highest BCUT2D eigenvalue weighted by Crippen LogP contribution is 2.44. The molecule has 0 spiro atoms. The lowest BCUT2D eigenvalue weighted by Crippen LogP contribution is -2.13. The summed E-state index contributed by atoms with van der Waals surface area (Å²) in [6.45, 7) is 2.84. The van der Waals surface area contributed by atoms with Gasteiger partial charge >= 0.3 is 0 Å². The summed E-state index contributed by atoms with van der Waals surface area (Å²) in [4.78, 5) is 0. The van der Waals surface area contributed by atoms with Crippen molar-refractivity contribution in [3.05, 3.63) is 24.0 Å². The first-order valence-corrected chi connectivity index (χ1v) is 5.76. The number of halogens is 1. The molecule has 0 radical (unpaired) electrons. The quantitative estimate of drug-likeness (QED) is 0.851. The van der Waals surface area contributed by atoms with Gasteiger partial charge < -0.3 is 10.1 Å². The van der Waals surface area contributed by atoms with E-state index in [1.54, 1.807) is 12.1 Å². The number of ether oxygens (including phenoxy) is 1. The van der Waals surface area contributed by atoms with Crippen LogP contribution in [-0.4, -0.2) is 13.2 Å². The summed E-state index contributed by atoms with van der Waals surface area (Å²) in [7, 11) is 0. The molecular weight excluding hydrogens is 219 g/mol. The van der Waals surface area contributed by atoms with E-state index >= 15 is 0 Å².